The van der Waals surface area contributed by atoms with Crippen LogP contribution in [0.5, 0.6) is 5.88 Å². The van der Waals surface area contributed by atoms with Gasteiger partial charge in [-0.3, -0.25) is 4.79 Å². The topological polar surface area (TPSA) is 105 Å². The minimum atomic E-state index is -0.583. The van der Waals surface area contributed by atoms with Gasteiger partial charge in [0.1, 0.15) is 0 Å². The van der Waals surface area contributed by atoms with E-state index in [4.69, 9.17) is 13.9 Å². The molecule has 3 aromatic rings. The summed E-state index contributed by atoms with van der Waals surface area (Å²) in [7, 11) is 3.41. The van der Waals surface area contributed by atoms with Gasteiger partial charge < -0.3 is 13.9 Å². The summed E-state index contributed by atoms with van der Waals surface area (Å²) in [5.41, 5.74) is 3.62. The van der Waals surface area contributed by atoms with Gasteiger partial charge in [0.15, 0.2) is 11.8 Å². The maximum Gasteiger partial charge on any atom is 0.306 e. The third-order valence-electron chi connectivity index (χ3n) is 4.49. The number of nitrogens with zero attached hydrogens (tertiary/aromatic N) is 5. The molecule has 0 amide bonds. The highest BCUT2D eigenvalue weighted by atomic mass is 16.6. The average Bonchev–Trinajstić information content (AvgIpc) is 3.18. The maximum atomic E-state index is 12.2. The molecule has 0 radical (unpaired) electrons. The molecule has 27 heavy (non-hydrogen) atoms. The first-order valence-corrected chi connectivity index (χ1v) is 8.68. The lowest BCUT2D eigenvalue weighted by molar-refractivity contribution is -0.149. The predicted octanol–water partition coefficient (Wildman–Crippen LogP) is 2.52. The standard InChI is InChI=1S/C18H23N5O4/c1-9-13(10(2)19-16-15(9)18(25-6)22-23(16)5)7-8-14(24)26-11(3)17-21-20-12(4)27-17/h11H,7-8H2,1-6H3. The first-order valence-electron chi connectivity index (χ1n) is 8.68. The van der Waals surface area contributed by atoms with E-state index in [2.05, 4.69) is 20.3 Å². The van der Waals surface area contributed by atoms with E-state index < -0.39 is 6.10 Å². The van der Waals surface area contributed by atoms with Gasteiger partial charge in [-0.1, -0.05) is 0 Å². The third-order valence-corrected chi connectivity index (χ3v) is 4.49. The van der Waals surface area contributed by atoms with Crippen LogP contribution in [-0.4, -0.2) is 38.0 Å². The van der Waals surface area contributed by atoms with E-state index in [0.29, 0.717) is 18.2 Å². The van der Waals surface area contributed by atoms with Crippen molar-refractivity contribution in [3.63, 3.8) is 0 Å². The number of pyridine rings is 1. The van der Waals surface area contributed by atoms with Crippen LogP contribution in [0.4, 0.5) is 0 Å². The van der Waals surface area contributed by atoms with Gasteiger partial charge in [0.25, 0.3) is 5.89 Å². The molecular weight excluding hydrogens is 350 g/mol. The molecule has 0 aliphatic rings. The Balaban J connectivity index is 1.75. The Labute approximate surface area is 156 Å². The minimum Gasteiger partial charge on any atom is -0.479 e. The zero-order chi connectivity index (χ0) is 19.7. The third kappa shape index (κ3) is 3.62. The van der Waals surface area contributed by atoms with Crippen molar-refractivity contribution < 1.29 is 18.7 Å². The van der Waals surface area contributed by atoms with Crippen molar-refractivity contribution in [3.8, 4) is 5.88 Å². The fourth-order valence-corrected chi connectivity index (χ4v) is 3.12. The molecule has 0 spiro atoms. The summed E-state index contributed by atoms with van der Waals surface area (Å²) in [5.74, 6) is 0.914. The molecule has 3 heterocycles. The number of carbonyl (C=O) groups excluding carboxylic acids is 1. The summed E-state index contributed by atoms with van der Waals surface area (Å²) < 4.78 is 17.7. The number of hydrogen-bond acceptors (Lipinski definition) is 8. The van der Waals surface area contributed by atoms with Crippen molar-refractivity contribution in [2.45, 2.75) is 46.6 Å². The Morgan fingerprint density at radius 1 is 1.26 bits per heavy atom. The van der Waals surface area contributed by atoms with E-state index in [1.165, 1.54) is 0 Å². The highest BCUT2D eigenvalue weighted by Crippen LogP contribution is 2.30. The predicted molar refractivity (Wildman–Crippen MR) is 96.4 cm³/mol. The molecule has 9 nitrogen and oxygen atoms in total. The molecule has 3 aromatic heterocycles. The Morgan fingerprint density at radius 2 is 2.00 bits per heavy atom. The minimum absolute atomic E-state index is 0.217. The molecule has 9 heteroatoms. The molecule has 0 aromatic carbocycles. The van der Waals surface area contributed by atoms with Crippen LogP contribution in [0.1, 0.15) is 48.1 Å². The first kappa shape index (κ1) is 18.8. The van der Waals surface area contributed by atoms with Crippen LogP contribution in [0.15, 0.2) is 4.42 Å². The van der Waals surface area contributed by atoms with Gasteiger partial charge in [-0.15, -0.1) is 15.3 Å². The van der Waals surface area contributed by atoms with Crippen molar-refractivity contribution >= 4 is 17.0 Å². The average molecular weight is 373 g/mol. The highest BCUT2D eigenvalue weighted by Gasteiger charge is 2.20. The van der Waals surface area contributed by atoms with Crippen molar-refractivity contribution in [1.29, 1.82) is 0 Å². The molecule has 0 aliphatic heterocycles. The Bertz CT molecular complexity index is 991. The van der Waals surface area contributed by atoms with Crippen molar-refractivity contribution in [2.75, 3.05) is 7.11 Å². The summed E-state index contributed by atoms with van der Waals surface area (Å²) in [6, 6.07) is 0. The molecule has 3 rings (SSSR count). The number of ether oxygens (including phenoxy) is 2. The van der Waals surface area contributed by atoms with Gasteiger partial charge in [-0.05, 0) is 38.3 Å². The largest absolute Gasteiger partial charge is 0.479 e. The maximum absolute atomic E-state index is 12.2. The van der Waals surface area contributed by atoms with Crippen LogP contribution in [0.25, 0.3) is 11.0 Å². The molecule has 1 atom stereocenters. The Kier molecular flexibility index (Phi) is 5.11. The molecule has 0 aliphatic carbocycles. The fourth-order valence-electron chi connectivity index (χ4n) is 3.12. The monoisotopic (exact) mass is 373 g/mol. The molecular formula is C18H23N5O4. The lowest BCUT2D eigenvalue weighted by atomic mass is 10.0. The number of hydrogen-bond donors (Lipinski definition) is 0. The van der Waals surface area contributed by atoms with Crippen molar-refractivity contribution in [2.24, 2.45) is 7.05 Å². The van der Waals surface area contributed by atoms with Gasteiger partial charge >= 0.3 is 5.97 Å². The molecule has 0 saturated carbocycles. The number of aryl methyl sites for hydroxylation is 4. The van der Waals surface area contributed by atoms with Gasteiger partial charge in [-0.2, -0.15) is 0 Å². The molecule has 1 unspecified atom stereocenters. The second-order valence-electron chi connectivity index (χ2n) is 6.42. The molecule has 0 bridgehead atoms. The molecule has 144 valence electrons. The summed E-state index contributed by atoms with van der Waals surface area (Å²) in [6.07, 6.45) is 0.141. The van der Waals surface area contributed by atoms with E-state index >= 15 is 0 Å². The van der Waals surface area contributed by atoms with Gasteiger partial charge in [0, 0.05) is 26.1 Å². The van der Waals surface area contributed by atoms with Crippen LogP contribution in [0.3, 0.4) is 0 Å². The summed E-state index contributed by atoms with van der Waals surface area (Å²) in [4.78, 5) is 16.9. The van der Waals surface area contributed by atoms with E-state index in [0.717, 1.165) is 27.9 Å². The van der Waals surface area contributed by atoms with Gasteiger partial charge in [0.2, 0.25) is 11.8 Å². The summed E-state index contributed by atoms with van der Waals surface area (Å²) in [6.45, 7) is 7.31. The van der Waals surface area contributed by atoms with E-state index in [1.807, 2.05) is 20.9 Å². The summed E-state index contributed by atoms with van der Waals surface area (Å²) >= 11 is 0. The van der Waals surface area contributed by atoms with Crippen molar-refractivity contribution in [1.82, 2.24) is 25.0 Å². The van der Waals surface area contributed by atoms with Crippen LogP contribution in [-0.2, 0) is 23.0 Å². The van der Waals surface area contributed by atoms with Crippen LogP contribution >= 0.6 is 0 Å². The highest BCUT2D eigenvalue weighted by molar-refractivity contribution is 5.86. The van der Waals surface area contributed by atoms with Gasteiger partial charge in [-0.25, -0.2) is 9.67 Å². The Hall–Kier alpha value is -2.97. The number of carbonyl (C=O) groups is 1. The second-order valence-corrected chi connectivity index (χ2v) is 6.42. The lowest BCUT2D eigenvalue weighted by Gasteiger charge is -2.12. The molecule has 0 saturated heterocycles. The first-order chi connectivity index (χ1) is 12.8. The van der Waals surface area contributed by atoms with Crippen LogP contribution < -0.4 is 4.74 Å². The number of methoxy groups -OCH3 is 1. The smallest absolute Gasteiger partial charge is 0.306 e. The van der Waals surface area contributed by atoms with E-state index in [9.17, 15) is 4.79 Å². The van der Waals surface area contributed by atoms with Gasteiger partial charge in [0.05, 0.1) is 12.5 Å². The Morgan fingerprint density at radius 3 is 2.63 bits per heavy atom. The van der Waals surface area contributed by atoms with E-state index in [1.54, 1.807) is 25.6 Å². The van der Waals surface area contributed by atoms with E-state index in [-0.39, 0.29) is 18.3 Å². The number of fused-ring (bicyclic) bond motifs is 1. The zero-order valence-corrected chi connectivity index (χ0v) is 16.4. The molecule has 0 N–H and O–H groups in total. The number of aromatic nitrogens is 5. The SMILES string of the molecule is COc1nn(C)c2nc(C)c(CCC(=O)OC(C)c3nnc(C)o3)c(C)c12. The van der Waals surface area contributed by atoms with Crippen molar-refractivity contribution in [3.05, 3.63) is 28.6 Å². The van der Waals surface area contributed by atoms with Crippen LogP contribution in [0, 0.1) is 20.8 Å². The normalized spacial score (nSPS) is 12.4. The second kappa shape index (κ2) is 7.34. The van der Waals surface area contributed by atoms with Crippen LogP contribution in [0.2, 0.25) is 0 Å². The number of rotatable bonds is 6. The summed E-state index contributed by atoms with van der Waals surface area (Å²) in [5, 5.41) is 12.8. The lowest BCUT2D eigenvalue weighted by Crippen LogP contribution is -2.11. The fraction of sp³-hybridized carbons (Fsp3) is 0.500. The zero-order valence-electron chi connectivity index (χ0n) is 16.4. The number of esters is 1. The molecule has 0 fully saturated rings. The quantitative estimate of drug-likeness (QED) is 0.607.